The minimum atomic E-state index is 0.755. The van der Waals surface area contributed by atoms with Crippen LogP contribution in [0.15, 0.2) is 48.2 Å². The molecule has 0 bridgehead atoms. The van der Waals surface area contributed by atoms with Crippen LogP contribution in [0.5, 0.6) is 0 Å². The topological polar surface area (TPSA) is 50.7 Å². The molecule has 4 nitrogen and oxygen atoms in total. The maximum atomic E-state index is 4.62. The van der Waals surface area contributed by atoms with Crippen molar-refractivity contribution in [1.82, 2.24) is 20.3 Å². The van der Waals surface area contributed by atoms with Gasteiger partial charge in [0, 0.05) is 37.1 Å². The Balaban J connectivity index is 1.60. The molecule has 0 aromatic carbocycles. The zero-order valence-electron chi connectivity index (χ0n) is 11.8. The van der Waals surface area contributed by atoms with Crippen LogP contribution in [0.4, 0.5) is 0 Å². The normalized spacial score (nSPS) is 10.7. The summed E-state index contributed by atoms with van der Waals surface area (Å²) in [6.45, 7) is 3.65. The minimum Gasteiger partial charge on any atom is -0.307 e. The standard InChI is InChI=1S/C16H16N4S/c1-12-8-17-7-5-13(12)9-18-10-14-11-21-16(20-14)15-4-2-3-6-19-15/h2-8,11,18H,9-10H2,1H3. The minimum absolute atomic E-state index is 0.755. The second-order valence-electron chi connectivity index (χ2n) is 4.76. The monoisotopic (exact) mass is 296 g/mol. The van der Waals surface area contributed by atoms with Crippen LogP contribution in [0.25, 0.3) is 10.7 Å². The molecule has 0 saturated carbocycles. The molecule has 5 heteroatoms. The largest absolute Gasteiger partial charge is 0.307 e. The number of rotatable bonds is 5. The second-order valence-corrected chi connectivity index (χ2v) is 5.62. The first-order valence-corrected chi connectivity index (χ1v) is 7.67. The van der Waals surface area contributed by atoms with E-state index >= 15 is 0 Å². The lowest BCUT2D eigenvalue weighted by Crippen LogP contribution is -2.13. The van der Waals surface area contributed by atoms with Crippen LogP contribution in [0.2, 0.25) is 0 Å². The lowest BCUT2D eigenvalue weighted by Gasteiger charge is -2.05. The summed E-state index contributed by atoms with van der Waals surface area (Å²) < 4.78 is 0. The van der Waals surface area contributed by atoms with Crippen molar-refractivity contribution >= 4 is 11.3 Å². The maximum Gasteiger partial charge on any atom is 0.142 e. The summed E-state index contributed by atoms with van der Waals surface area (Å²) in [5.74, 6) is 0. The first-order valence-electron chi connectivity index (χ1n) is 6.79. The molecule has 0 aliphatic rings. The predicted molar refractivity (Wildman–Crippen MR) is 84.9 cm³/mol. The molecule has 0 aliphatic carbocycles. The lowest BCUT2D eigenvalue weighted by atomic mass is 10.1. The molecule has 0 atom stereocenters. The molecule has 3 aromatic rings. The van der Waals surface area contributed by atoms with Crippen LogP contribution >= 0.6 is 11.3 Å². The van der Waals surface area contributed by atoms with E-state index in [1.165, 1.54) is 11.1 Å². The third kappa shape index (κ3) is 3.51. The van der Waals surface area contributed by atoms with Crippen molar-refractivity contribution in [1.29, 1.82) is 0 Å². The van der Waals surface area contributed by atoms with Gasteiger partial charge in [-0.05, 0) is 36.2 Å². The third-order valence-corrected chi connectivity index (χ3v) is 4.11. The van der Waals surface area contributed by atoms with E-state index in [9.17, 15) is 0 Å². The van der Waals surface area contributed by atoms with E-state index in [-0.39, 0.29) is 0 Å². The van der Waals surface area contributed by atoms with Gasteiger partial charge in [0.25, 0.3) is 0 Å². The number of hydrogen-bond donors (Lipinski definition) is 1. The van der Waals surface area contributed by atoms with E-state index in [0.717, 1.165) is 29.5 Å². The fourth-order valence-electron chi connectivity index (χ4n) is 2.02. The molecular formula is C16H16N4S. The van der Waals surface area contributed by atoms with Gasteiger partial charge >= 0.3 is 0 Å². The molecule has 21 heavy (non-hydrogen) atoms. The fraction of sp³-hybridized carbons (Fsp3) is 0.188. The molecule has 0 spiro atoms. The van der Waals surface area contributed by atoms with E-state index < -0.39 is 0 Å². The molecule has 0 unspecified atom stereocenters. The van der Waals surface area contributed by atoms with E-state index in [1.807, 2.05) is 36.7 Å². The van der Waals surface area contributed by atoms with E-state index in [4.69, 9.17) is 0 Å². The molecule has 0 fully saturated rings. The summed E-state index contributed by atoms with van der Waals surface area (Å²) in [5.41, 5.74) is 4.45. The average Bonchev–Trinajstić information content (AvgIpc) is 2.99. The van der Waals surface area contributed by atoms with Crippen LogP contribution < -0.4 is 5.32 Å². The van der Waals surface area contributed by atoms with Gasteiger partial charge < -0.3 is 5.32 Å². The smallest absolute Gasteiger partial charge is 0.142 e. The van der Waals surface area contributed by atoms with Crippen molar-refractivity contribution in [2.24, 2.45) is 0 Å². The van der Waals surface area contributed by atoms with Gasteiger partial charge in [0.1, 0.15) is 5.01 Å². The molecule has 3 aromatic heterocycles. The highest BCUT2D eigenvalue weighted by atomic mass is 32.1. The highest BCUT2D eigenvalue weighted by Crippen LogP contribution is 2.21. The Morgan fingerprint density at radius 2 is 2.10 bits per heavy atom. The Morgan fingerprint density at radius 3 is 2.90 bits per heavy atom. The zero-order chi connectivity index (χ0) is 14.5. The van der Waals surface area contributed by atoms with E-state index in [1.54, 1.807) is 17.5 Å². The maximum absolute atomic E-state index is 4.62. The Hall–Kier alpha value is -2.11. The highest BCUT2D eigenvalue weighted by molar-refractivity contribution is 7.13. The number of nitrogens with one attached hydrogen (secondary N) is 1. The Bertz CT molecular complexity index is 709. The van der Waals surface area contributed by atoms with Crippen molar-refractivity contribution in [3.05, 3.63) is 65.1 Å². The summed E-state index contributed by atoms with van der Waals surface area (Å²) in [6.07, 6.45) is 5.51. The summed E-state index contributed by atoms with van der Waals surface area (Å²) in [5, 5.41) is 6.46. The van der Waals surface area contributed by atoms with Crippen molar-refractivity contribution < 1.29 is 0 Å². The second kappa shape index (κ2) is 6.56. The van der Waals surface area contributed by atoms with Gasteiger partial charge in [-0.15, -0.1) is 11.3 Å². The van der Waals surface area contributed by atoms with Crippen molar-refractivity contribution in [2.45, 2.75) is 20.0 Å². The van der Waals surface area contributed by atoms with E-state index in [2.05, 4.69) is 32.6 Å². The van der Waals surface area contributed by atoms with Crippen LogP contribution in [-0.2, 0) is 13.1 Å². The van der Waals surface area contributed by atoms with Gasteiger partial charge in [-0.2, -0.15) is 0 Å². The van der Waals surface area contributed by atoms with Crippen molar-refractivity contribution in [3.8, 4) is 10.7 Å². The summed E-state index contributed by atoms with van der Waals surface area (Å²) in [4.78, 5) is 13.0. The van der Waals surface area contributed by atoms with Gasteiger partial charge in [0.15, 0.2) is 0 Å². The first kappa shape index (κ1) is 13.9. The summed E-state index contributed by atoms with van der Waals surface area (Å²) in [6, 6.07) is 7.92. The number of pyridine rings is 2. The molecule has 3 rings (SSSR count). The molecular weight excluding hydrogens is 280 g/mol. The molecule has 106 valence electrons. The predicted octanol–water partition coefficient (Wildman–Crippen LogP) is 3.20. The van der Waals surface area contributed by atoms with Crippen LogP contribution in [-0.4, -0.2) is 15.0 Å². The van der Waals surface area contributed by atoms with Gasteiger partial charge in [-0.1, -0.05) is 6.07 Å². The number of aromatic nitrogens is 3. The molecule has 0 saturated heterocycles. The van der Waals surface area contributed by atoms with Gasteiger partial charge in [-0.25, -0.2) is 4.98 Å². The Kier molecular flexibility index (Phi) is 4.33. The number of nitrogens with zero attached hydrogens (tertiary/aromatic N) is 3. The van der Waals surface area contributed by atoms with Gasteiger partial charge in [0.05, 0.1) is 11.4 Å². The Morgan fingerprint density at radius 1 is 1.14 bits per heavy atom. The lowest BCUT2D eigenvalue weighted by molar-refractivity contribution is 0.679. The molecule has 0 aliphatic heterocycles. The zero-order valence-corrected chi connectivity index (χ0v) is 12.6. The quantitative estimate of drug-likeness (QED) is 0.785. The fourth-order valence-corrected chi connectivity index (χ4v) is 2.82. The highest BCUT2D eigenvalue weighted by Gasteiger charge is 2.05. The number of hydrogen-bond acceptors (Lipinski definition) is 5. The molecule has 0 amide bonds. The number of aryl methyl sites for hydroxylation is 1. The van der Waals surface area contributed by atoms with E-state index in [0.29, 0.717) is 0 Å². The summed E-state index contributed by atoms with van der Waals surface area (Å²) >= 11 is 1.63. The summed E-state index contributed by atoms with van der Waals surface area (Å²) in [7, 11) is 0. The Labute approximate surface area is 127 Å². The number of thiazole rings is 1. The van der Waals surface area contributed by atoms with Crippen LogP contribution in [0, 0.1) is 6.92 Å². The van der Waals surface area contributed by atoms with Gasteiger partial charge in [-0.3, -0.25) is 9.97 Å². The third-order valence-electron chi connectivity index (χ3n) is 3.19. The van der Waals surface area contributed by atoms with Crippen molar-refractivity contribution in [3.63, 3.8) is 0 Å². The average molecular weight is 296 g/mol. The SMILES string of the molecule is Cc1cnccc1CNCc1csc(-c2ccccn2)n1. The first-order chi connectivity index (χ1) is 10.3. The van der Waals surface area contributed by atoms with Crippen LogP contribution in [0.3, 0.4) is 0 Å². The molecule has 0 radical (unpaired) electrons. The van der Waals surface area contributed by atoms with Gasteiger partial charge in [0.2, 0.25) is 0 Å². The molecule has 3 heterocycles. The molecule has 1 N–H and O–H groups in total. The van der Waals surface area contributed by atoms with Crippen molar-refractivity contribution in [2.75, 3.05) is 0 Å². The van der Waals surface area contributed by atoms with Crippen LogP contribution in [0.1, 0.15) is 16.8 Å².